The molecule has 0 aliphatic heterocycles. The van der Waals surface area contributed by atoms with Gasteiger partial charge < -0.3 is 10.1 Å². The minimum Gasteiger partial charge on any atom is -0.475 e. The molecule has 4 nitrogen and oxygen atoms in total. The second-order valence-corrected chi connectivity index (χ2v) is 5.04. The molecule has 0 unspecified atom stereocenters. The molecule has 0 atom stereocenters. The van der Waals surface area contributed by atoms with Crippen LogP contribution >= 0.6 is 0 Å². The topological polar surface area (TPSA) is 47.0 Å². The van der Waals surface area contributed by atoms with Gasteiger partial charge in [0.15, 0.2) is 0 Å². The zero-order valence-corrected chi connectivity index (χ0v) is 10.9. The van der Waals surface area contributed by atoms with Crippen LogP contribution in [0.4, 0.5) is 10.3 Å². The first-order valence-corrected chi connectivity index (χ1v) is 5.81. The number of ether oxygens (including phenoxy) is 1. The summed E-state index contributed by atoms with van der Waals surface area (Å²) in [6.45, 7) is 9.38. The van der Waals surface area contributed by atoms with Crippen LogP contribution in [0.1, 0.15) is 34.1 Å². The Morgan fingerprint density at radius 3 is 2.71 bits per heavy atom. The zero-order chi connectivity index (χ0) is 12.9. The third kappa shape index (κ3) is 4.97. The van der Waals surface area contributed by atoms with Crippen molar-refractivity contribution >= 4 is 5.95 Å². The van der Waals surface area contributed by atoms with E-state index in [0.29, 0.717) is 19.1 Å². The molecule has 0 saturated carbocycles. The molecule has 1 heterocycles. The molecule has 0 radical (unpaired) electrons. The summed E-state index contributed by atoms with van der Waals surface area (Å²) in [5.74, 6) is -0.125. The van der Waals surface area contributed by atoms with Gasteiger partial charge in [-0.2, -0.15) is 9.37 Å². The van der Waals surface area contributed by atoms with E-state index < -0.39 is 5.82 Å². The van der Waals surface area contributed by atoms with Crippen molar-refractivity contribution in [1.82, 2.24) is 9.97 Å². The summed E-state index contributed by atoms with van der Waals surface area (Å²) in [5, 5.41) is 2.91. The van der Waals surface area contributed by atoms with Crippen LogP contribution in [0.2, 0.25) is 0 Å². The average Bonchev–Trinajstić information content (AvgIpc) is 2.21. The summed E-state index contributed by atoms with van der Waals surface area (Å²) in [6.07, 6.45) is 1.96. The van der Waals surface area contributed by atoms with Crippen LogP contribution in [-0.4, -0.2) is 23.1 Å². The summed E-state index contributed by atoms with van der Waals surface area (Å²) in [4.78, 5) is 7.77. The number of hydrogen-bond donors (Lipinski definition) is 1. The predicted octanol–water partition coefficient (Wildman–Crippen LogP) is 2.86. The fraction of sp³-hybridized carbons (Fsp3) is 0.667. The molecule has 1 aromatic rings. The fourth-order valence-electron chi connectivity index (χ4n) is 1.15. The quantitative estimate of drug-likeness (QED) is 0.861. The van der Waals surface area contributed by atoms with E-state index in [2.05, 4.69) is 36.1 Å². The summed E-state index contributed by atoms with van der Waals surface area (Å²) in [7, 11) is 0. The van der Waals surface area contributed by atoms with E-state index in [1.807, 2.05) is 6.92 Å². The van der Waals surface area contributed by atoms with E-state index in [0.717, 1.165) is 12.6 Å². The molecule has 0 aliphatic carbocycles. The number of nitrogens with zero attached hydrogens (tertiary/aromatic N) is 2. The molecular weight excluding hydrogens is 221 g/mol. The Bertz CT molecular complexity index is 363. The van der Waals surface area contributed by atoms with Crippen LogP contribution < -0.4 is 10.1 Å². The lowest BCUT2D eigenvalue weighted by atomic mass is 9.93. The Morgan fingerprint density at radius 2 is 2.12 bits per heavy atom. The lowest BCUT2D eigenvalue weighted by Crippen LogP contribution is -2.13. The van der Waals surface area contributed by atoms with E-state index in [1.165, 1.54) is 0 Å². The summed E-state index contributed by atoms with van der Waals surface area (Å²) in [5.41, 5.74) is 0.161. The van der Waals surface area contributed by atoms with Crippen LogP contribution in [0.15, 0.2) is 6.20 Å². The van der Waals surface area contributed by atoms with Gasteiger partial charge in [-0.3, -0.25) is 0 Å². The summed E-state index contributed by atoms with van der Waals surface area (Å²) in [6, 6.07) is 0. The van der Waals surface area contributed by atoms with Crippen molar-refractivity contribution in [2.75, 3.05) is 18.5 Å². The summed E-state index contributed by atoms with van der Waals surface area (Å²) < 4.78 is 18.7. The van der Waals surface area contributed by atoms with Crippen LogP contribution in [0.5, 0.6) is 5.88 Å². The van der Waals surface area contributed by atoms with Gasteiger partial charge in [0.25, 0.3) is 5.88 Å². The van der Waals surface area contributed by atoms with Crippen molar-refractivity contribution in [1.29, 1.82) is 0 Å². The molecule has 96 valence electrons. The first-order valence-electron chi connectivity index (χ1n) is 5.81. The fourth-order valence-corrected chi connectivity index (χ4v) is 1.15. The van der Waals surface area contributed by atoms with Gasteiger partial charge in [0.1, 0.15) is 0 Å². The predicted molar refractivity (Wildman–Crippen MR) is 65.7 cm³/mol. The lowest BCUT2D eigenvalue weighted by Gasteiger charge is -2.17. The molecule has 0 aliphatic rings. The Labute approximate surface area is 102 Å². The van der Waals surface area contributed by atoms with Crippen molar-refractivity contribution in [2.45, 2.75) is 34.1 Å². The maximum absolute atomic E-state index is 13.4. The van der Waals surface area contributed by atoms with Gasteiger partial charge in [-0.15, -0.1) is 0 Å². The first kappa shape index (κ1) is 13.7. The SMILES string of the molecule is CCNc1ncc(F)c(OCCC(C)(C)C)n1. The number of anilines is 1. The Kier molecular flexibility index (Phi) is 4.66. The highest BCUT2D eigenvalue weighted by Crippen LogP contribution is 2.20. The van der Waals surface area contributed by atoms with E-state index in [-0.39, 0.29) is 11.3 Å². The van der Waals surface area contributed by atoms with Crippen LogP contribution in [0.3, 0.4) is 0 Å². The van der Waals surface area contributed by atoms with E-state index in [1.54, 1.807) is 0 Å². The largest absolute Gasteiger partial charge is 0.475 e. The molecule has 1 N–H and O–H groups in total. The molecule has 17 heavy (non-hydrogen) atoms. The molecule has 0 aromatic carbocycles. The van der Waals surface area contributed by atoms with Gasteiger partial charge in [-0.1, -0.05) is 20.8 Å². The molecule has 1 aromatic heterocycles. The van der Waals surface area contributed by atoms with Gasteiger partial charge in [0.05, 0.1) is 12.8 Å². The molecule has 0 fully saturated rings. The molecule has 5 heteroatoms. The van der Waals surface area contributed by atoms with E-state index >= 15 is 0 Å². The summed E-state index contributed by atoms with van der Waals surface area (Å²) >= 11 is 0. The molecule has 0 amide bonds. The standard InChI is InChI=1S/C12H20FN3O/c1-5-14-11-15-8-9(13)10(16-11)17-7-6-12(2,3)4/h8H,5-7H2,1-4H3,(H,14,15,16). The van der Waals surface area contributed by atoms with Gasteiger partial charge >= 0.3 is 0 Å². The van der Waals surface area contributed by atoms with Gasteiger partial charge in [0, 0.05) is 6.54 Å². The van der Waals surface area contributed by atoms with Crippen molar-refractivity contribution in [3.8, 4) is 5.88 Å². The third-order valence-corrected chi connectivity index (χ3v) is 2.14. The van der Waals surface area contributed by atoms with Crippen molar-refractivity contribution < 1.29 is 9.13 Å². The normalized spacial score (nSPS) is 11.4. The molecule has 0 spiro atoms. The second kappa shape index (κ2) is 5.80. The monoisotopic (exact) mass is 241 g/mol. The van der Waals surface area contributed by atoms with Crippen molar-refractivity contribution in [3.63, 3.8) is 0 Å². The minimum absolute atomic E-state index is 0.0141. The maximum Gasteiger partial charge on any atom is 0.255 e. The first-order chi connectivity index (χ1) is 7.92. The van der Waals surface area contributed by atoms with Crippen LogP contribution in [-0.2, 0) is 0 Å². The number of hydrogen-bond acceptors (Lipinski definition) is 4. The Hall–Kier alpha value is -1.39. The van der Waals surface area contributed by atoms with Crippen LogP contribution in [0, 0.1) is 11.2 Å². The molecular formula is C12H20FN3O. The highest BCUT2D eigenvalue weighted by molar-refractivity contribution is 5.27. The third-order valence-electron chi connectivity index (χ3n) is 2.14. The van der Waals surface area contributed by atoms with Crippen LogP contribution in [0.25, 0.3) is 0 Å². The molecule has 1 rings (SSSR count). The van der Waals surface area contributed by atoms with E-state index in [4.69, 9.17) is 4.74 Å². The highest BCUT2D eigenvalue weighted by Gasteiger charge is 2.12. The van der Waals surface area contributed by atoms with E-state index in [9.17, 15) is 4.39 Å². The molecule has 0 bridgehead atoms. The van der Waals surface area contributed by atoms with Gasteiger partial charge in [-0.25, -0.2) is 4.98 Å². The Morgan fingerprint density at radius 1 is 1.41 bits per heavy atom. The maximum atomic E-state index is 13.4. The van der Waals surface area contributed by atoms with Crippen molar-refractivity contribution in [3.05, 3.63) is 12.0 Å². The van der Waals surface area contributed by atoms with Gasteiger partial charge in [-0.05, 0) is 18.8 Å². The Balaban J connectivity index is 2.60. The minimum atomic E-state index is -0.527. The average molecular weight is 241 g/mol. The smallest absolute Gasteiger partial charge is 0.255 e. The highest BCUT2D eigenvalue weighted by atomic mass is 19.1. The second-order valence-electron chi connectivity index (χ2n) is 5.04. The lowest BCUT2D eigenvalue weighted by molar-refractivity contribution is 0.227. The molecule has 0 saturated heterocycles. The number of halogens is 1. The number of rotatable bonds is 5. The van der Waals surface area contributed by atoms with Crippen molar-refractivity contribution in [2.24, 2.45) is 5.41 Å². The van der Waals surface area contributed by atoms with Gasteiger partial charge in [0.2, 0.25) is 11.8 Å². The number of aromatic nitrogens is 2. The number of nitrogens with one attached hydrogen (secondary N) is 1. The zero-order valence-electron chi connectivity index (χ0n) is 10.9.